The minimum absolute atomic E-state index is 0.0218. The van der Waals surface area contributed by atoms with Crippen molar-refractivity contribution in [3.8, 4) is 11.5 Å². The molecular weight excluding hydrogens is 272 g/mol. The summed E-state index contributed by atoms with van der Waals surface area (Å²) in [5, 5.41) is 12.3. The first kappa shape index (κ1) is 14.9. The summed E-state index contributed by atoms with van der Waals surface area (Å²) in [5.41, 5.74) is 0.815. The van der Waals surface area contributed by atoms with E-state index >= 15 is 0 Å². The van der Waals surface area contributed by atoms with Crippen molar-refractivity contribution in [1.82, 2.24) is 10.2 Å². The van der Waals surface area contributed by atoms with E-state index in [1.807, 2.05) is 6.92 Å². The molecule has 0 atom stereocenters. The number of amides is 3. The molecule has 2 rings (SSSR count). The van der Waals surface area contributed by atoms with E-state index in [0.29, 0.717) is 17.9 Å². The first-order chi connectivity index (χ1) is 10.1. The number of rotatable bonds is 5. The molecule has 0 aliphatic carbocycles. The number of phenols is 1. The van der Waals surface area contributed by atoms with Crippen LogP contribution in [0.1, 0.15) is 25.3 Å². The van der Waals surface area contributed by atoms with Crippen molar-refractivity contribution in [3.63, 3.8) is 0 Å². The number of hydrogen-bond acceptors (Lipinski definition) is 4. The molecule has 1 aromatic carbocycles. The van der Waals surface area contributed by atoms with Gasteiger partial charge in [-0.1, -0.05) is 19.4 Å². The molecule has 0 bridgehead atoms. The quantitative estimate of drug-likeness (QED) is 0.643. The molecule has 1 aromatic rings. The van der Waals surface area contributed by atoms with Crippen LogP contribution < -0.4 is 10.1 Å². The smallest absolute Gasteiger partial charge is 0.329 e. The summed E-state index contributed by atoms with van der Waals surface area (Å²) in [5.74, 6) is -0.0151. The van der Waals surface area contributed by atoms with Crippen LogP contribution in [0, 0.1) is 0 Å². The number of aromatic hydroxyl groups is 1. The Morgan fingerprint density at radius 3 is 2.76 bits per heavy atom. The molecule has 1 aliphatic heterocycles. The predicted molar refractivity (Wildman–Crippen MR) is 77.8 cm³/mol. The number of carbonyl (C=O) groups is 2. The second kappa shape index (κ2) is 6.30. The molecule has 6 nitrogen and oxygen atoms in total. The van der Waals surface area contributed by atoms with Crippen LogP contribution in [0.15, 0.2) is 23.9 Å². The van der Waals surface area contributed by atoms with Crippen LogP contribution in [0.5, 0.6) is 11.5 Å². The number of benzene rings is 1. The van der Waals surface area contributed by atoms with Crippen LogP contribution in [0.2, 0.25) is 0 Å². The molecule has 0 spiro atoms. The number of nitrogens with one attached hydrogen (secondary N) is 1. The zero-order chi connectivity index (χ0) is 15.4. The molecule has 6 heteroatoms. The molecule has 2 N–H and O–H groups in total. The number of nitrogens with zero attached hydrogens (tertiary/aromatic N) is 1. The van der Waals surface area contributed by atoms with Gasteiger partial charge in [0.1, 0.15) is 5.70 Å². The molecule has 0 unspecified atom stereocenters. The maximum Gasteiger partial charge on any atom is 0.329 e. The Bertz CT molecular complexity index is 595. The van der Waals surface area contributed by atoms with E-state index in [9.17, 15) is 14.7 Å². The molecular formula is C15H18N2O4. The fraction of sp³-hybridized carbons (Fsp3) is 0.333. The van der Waals surface area contributed by atoms with Gasteiger partial charge in [0.2, 0.25) is 0 Å². The molecule has 112 valence electrons. The van der Waals surface area contributed by atoms with E-state index in [4.69, 9.17) is 4.74 Å². The first-order valence-electron chi connectivity index (χ1n) is 6.78. The van der Waals surface area contributed by atoms with Gasteiger partial charge in [0.15, 0.2) is 11.5 Å². The molecule has 21 heavy (non-hydrogen) atoms. The maximum absolute atomic E-state index is 12.1. The Kier molecular flexibility index (Phi) is 4.47. The number of urea groups is 1. The van der Waals surface area contributed by atoms with E-state index in [-0.39, 0.29) is 17.4 Å². The van der Waals surface area contributed by atoms with Crippen molar-refractivity contribution in [2.24, 2.45) is 0 Å². The topological polar surface area (TPSA) is 78.9 Å². The monoisotopic (exact) mass is 290 g/mol. The van der Waals surface area contributed by atoms with Crippen LogP contribution in [0.4, 0.5) is 4.79 Å². The fourth-order valence-corrected chi connectivity index (χ4v) is 2.05. The van der Waals surface area contributed by atoms with Gasteiger partial charge in [0, 0.05) is 6.54 Å². The van der Waals surface area contributed by atoms with Gasteiger partial charge in [-0.15, -0.1) is 0 Å². The van der Waals surface area contributed by atoms with Crippen LogP contribution in [-0.2, 0) is 4.79 Å². The molecule has 3 amide bonds. The number of methoxy groups -OCH3 is 1. The molecule has 1 aliphatic rings. The lowest BCUT2D eigenvalue weighted by Crippen LogP contribution is -2.31. The third kappa shape index (κ3) is 3.16. The van der Waals surface area contributed by atoms with Crippen LogP contribution in [0.3, 0.4) is 0 Å². The number of imide groups is 1. The predicted octanol–water partition coefficient (Wildman–Crippen LogP) is 2.09. The van der Waals surface area contributed by atoms with E-state index in [1.165, 1.54) is 24.2 Å². The Morgan fingerprint density at radius 2 is 2.14 bits per heavy atom. The fourth-order valence-electron chi connectivity index (χ4n) is 2.05. The van der Waals surface area contributed by atoms with Gasteiger partial charge in [-0.05, 0) is 30.2 Å². The summed E-state index contributed by atoms with van der Waals surface area (Å²) < 4.78 is 4.95. The van der Waals surface area contributed by atoms with Crippen molar-refractivity contribution >= 4 is 18.0 Å². The van der Waals surface area contributed by atoms with Crippen molar-refractivity contribution in [2.75, 3.05) is 13.7 Å². The number of phenolic OH excluding ortho intramolecular Hbond substituents is 1. The zero-order valence-corrected chi connectivity index (χ0v) is 12.0. The van der Waals surface area contributed by atoms with Crippen molar-refractivity contribution in [3.05, 3.63) is 29.5 Å². The van der Waals surface area contributed by atoms with Crippen LogP contribution >= 0.6 is 0 Å². The summed E-state index contributed by atoms with van der Waals surface area (Å²) >= 11 is 0. The minimum Gasteiger partial charge on any atom is -0.504 e. The van der Waals surface area contributed by atoms with Gasteiger partial charge < -0.3 is 15.2 Å². The molecule has 1 heterocycles. The first-order valence-corrected chi connectivity index (χ1v) is 6.78. The second-order valence-corrected chi connectivity index (χ2v) is 4.73. The average molecular weight is 290 g/mol. The number of unbranched alkanes of at least 4 members (excludes halogenated alkanes) is 1. The van der Waals surface area contributed by atoms with Gasteiger partial charge in [0.05, 0.1) is 7.11 Å². The van der Waals surface area contributed by atoms with Gasteiger partial charge in [-0.3, -0.25) is 9.69 Å². The Hall–Kier alpha value is -2.50. The van der Waals surface area contributed by atoms with Crippen LogP contribution in [0.25, 0.3) is 6.08 Å². The lowest BCUT2D eigenvalue weighted by molar-refractivity contribution is -0.122. The average Bonchev–Trinajstić information content (AvgIpc) is 2.72. The maximum atomic E-state index is 12.1. The largest absolute Gasteiger partial charge is 0.504 e. The van der Waals surface area contributed by atoms with Crippen molar-refractivity contribution in [1.29, 1.82) is 0 Å². The standard InChI is InChI=1S/C15H18N2O4/c1-3-4-7-17-14(19)11(16-15(17)20)8-10-5-6-13(21-2)12(18)9-10/h5-6,8-9,18H,3-4,7H2,1-2H3,(H,16,20). The summed E-state index contributed by atoms with van der Waals surface area (Å²) in [6, 6.07) is 4.36. The molecule has 1 fully saturated rings. The minimum atomic E-state index is -0.405. The van der Waals surface area contributed by atoms with Crippen LogP contribution in [-0.4, -0.2) is 35.6 Å². The lowest BCUT2D eigenvalue weighted by atomic mass is 10.1. The normalized spacial score (nSPS) is 16.5. The van der Waals surface area contributed by atoms with E-state index < -0.39 is 6.03 Å². The summed E-state index contributed by atoms with van der Waals surface area (Å²) in [6.07, 6.45) is 3.21. The van der Waals surface area contributed by atoms with E-state index in [0.717, 1.165) is 12.8 Å². The Morgan fingerprint density at radius 1 is 1.38 bits per heavy atom. The summed E-state index contributed by atoms with van der Waals surface area (Å²) in [4.78, 5) is 25.1. The highest BCUT2D eigenvalue weighted by Crippen LogP contribution is 2.27. The van der Waals surface area contributed by atoms with Crippen molar-refractivity contribution in [2.45, 2.75) is 19.8 Å². The van der Waals surface area contributed by atoms with Gasteiger partial charge in [-0.25, -0.2) is 4.79 Å². The van der Waals surface area contributed by atoms with Gasteiger partial charge in [0.25, 0.3) is 5.91 Å². The molecule has 1 saturated heterocycles. The number of ether oxygens (including phenoxy) is 1. The second-order valence-electron chi connectivity index (χ2n) is 4.73. The molecule has 0 saturated carbocycles. The highest BCUT2D eigenvalue weighted by Gasteiger charge is 2.32. The Labute approximate surface area is 123 Å². The van der Waals surface area contributed by atoms with Gasteiger partial charge >= 0.3 is 6.03 Å². The van der Waals surface area contributed by atoms with Gasteiger partial charge in [-0.2, -0.15) is 0 Å². The van der Waals surface area contributed by atoms with E-state index in [1.54, 1.807) is 12.1 Å². The zero-order valence-electron chi connectivity index (χ0n) is 12.0. The van der Waals surface area contributed by atoms with Crippen molar-refractivity contribution < 1.29 is 19.4 Å². The van der Waals surface area contributed by atoms with E-state index in [2.05, 4.69) is 5.32 Å². The molecule has 0 radical (unpaired) electrons. The summed E-state index contributed by atoms with van der Waals surface area (Å²) in [7, 11) is 1.46. The third-order valence-corrected chi connectivity index (χ3v) is 3.21. The highest BCUT2D eigenvalue weighted by atomic mass is 16.5. The number of carbonyl (C=O) groups excluding carboxylic acids is 2. The third-order valence-electron chi connectivity index (χ3n) is 3.21. The summed E-state index contributed by atoms with van der Waals surface area (Å²) in [6.45, 7) is 2.40. The molecule has 0 aromatic heterocycles. The SMILES string of the molecule is CCCCN1C(=O)NC(=Cc2ccc(OC)c(O)c2)C1=O. The lowest BCUT2D eigenvalue weighted by Gasteiger charge is -2.09. The Balaban J connectivity index is 2.20. The number of hydrogen-bond donors (Lipinski definition) is 2. The highest BCUT2D eigenvalue weighted by molar-refractivity contribution is 6.13.